The largest absolute Gasteiger partial charge is 0.464 e. The van der Waals surface area contributed by atoms with Crippen molar-refractivity contribution in [3.05, 3.63) is 42.5 Å². The van der Waals surface area contributed by atoms with Crippen LogP contribution in [0.3, 0.4) is 0 Å². The van der Waals surface area contributed by atoms with Gasteiger partial charge in [0.2, 0.25) is 0 Å². The Bertz CT molecular complexity index is 400. The van der Waals surface area contributed by atoms with Gasteiger partial charge < -0.3 is 10.1 Å². The second kappa shape index (κ2) is 2.87. The third kappa shape index (κ3) is 1.27. The molecule has 0 fully saturated rings. The van der Waals surface area contributed by atoms with E-state index in [9.17, 15) is 4.79 Å². The zero-order valence-electron chi connectivity index (χ0n) is 7.91. The average Bonchev–Trinajstić information content (AvgIpc) is 2.18. The molecule has 0 spiro atoms. The second-order valence-corrected chi connectivity index (χ2v) is 3.36. The van der Waals surface area contributed by atoms with Gasteiger partial charge in [0.15, 0.2) is 5.72 Å². The standard InChI is InChI=1S/C11H11NO2/c1-3-11(2)12-10(13)8-6-4-5-7-9(8)14-11/h3-7H,1H2,2H3,(H,12,13). The molecule has 1 unspecified atom stereocenters. The monoisotopic (exact) mass is 189 g/mol. The molecule has 0 saturated carbocycles. The van der Waals surface area contributed by atoms with Crippen molar-refractivity contribution in [1.82, 2.24) is 5.32 Å². The molecule has 14 heavy (non-hydrogen) atoms. The smallest absolute Gasteiger partial charge is 0.258 e. The lowest BCUT2D eigenvalue weighted by Crippen LogP contribution is -2.52. The fraction of sp³-hybridized carbons (Fsp3) is 0.182. The summed E-state index contributed by atoms with van der Waals surface area (Å²) in [7, 11) is 0. The molecule has 1 aliphatic heterocycles. The van der Waals surface area contributed by atoms with Crippen molar-refractivity contribution in [3.8, 4) is 5.75 Å². The first-order valence-electron chi connectivity index (χ1n) is 4.39. The molecule has 0 aromatic heterocycles. The minimum Gasteiger partial charge on any atom is -0.464 e. The predicted molar refractivity (Wildman–Crippen MR) is 53.1 cm³/mol. The number of para-hydroxylation sites is 1. The van der Waals surface area contributed by atoms with Crippen LogP contribution in [0.5, 0.6) is 5.75 Å². The lowest BCUT2D eigenvalue weighted by atomic mass is 10.1. The fourth-order valence-electron chi connectivity index (χ4n) is 1.38. The van der Waals surface area contributed by atoms with E-state index in [2.05, 4.69) is 11.9 Å². The van der Waals surface area contributed by atoms with Gasteiger partial charge in [0, 0.05) is 0 Å². The van der Waals surface area contributed by atoms with Gasteiger partial charge in [0.25, 0.3) is 5.91 Å². The van der Waals surface area contributed by atoms with Crippen molar-refractivity contribution < 1.29 is 9.53 Å². The van der Waals surface area contributed by atoms with Gasteiger partial charge >= 0.3 is 0 Å². The van der Waals surface area contributed by atoms with Crippen molar-refractivity contribution in [2.24, 2.45) is 0 Å². The summed E-state index contributed by atoms with van der Waals surface area (Å²) in [6.45, 7) is 5.38. The van der Waals surface area contributed by atoms with Crippen molar-refractivity contribution in [3.63, 3.8) is 0 Å². The first-order chi connectivity index (χ1) is 6.64. The maximum atomic E-state index is 11.6. The van der Waals surface area contributed by atoms with Gasteiger partial charge in [-0.15, -0.1) is 0 Å². The van der Waals surface area contributed by atoms with E-state index in [4.69, 9.17) is 4.74 Å². The number of carbonyl (C=O) groups excluding carboxylic acids is 1. The molecular formula is C11H11NO2. The van der Waals surface area contributed by atoms with Crippen LogP contribution in [0.1, 0.15) is 17.3 Å². The molecule has 0 bridgehead atoms. The molecule has 0 aliphatic carbocycles. The highest BCUT2D eigenvalue weighted by Crippen LogP contribution is 2.27. The molecule has 2 rings (SSSR count). The number of fused-ring (bicyclic) bond motifs is 1. The summed E-state index contributed by atoms with van der Waals surface area (Å²) < 4.78 is 5.59. The molecule has 72 valence electrons. The Morgan fingerprint density at radius 2 is 2.21 bits per heavy atom. The number of ether oxygens (including phenoxy) is 1. The Labute approximate surface area is 82.4 Å². The van der Waals surface area contributed by atoms with Gasteiger partial charge in [-0.25, -0.2) is 0 Å². The lowest BCUT2D eigenvalue weighted by Gasteiger charge is -2.33. The summed E-state index contributed by atoms with van der Waals surface area (Å²) in [4.78, 5) is 11.6. The van der Waals surface area contributed by atoms with E-state index in [0.29, 0.717) is 11.3 Å². The van der Waals surface area contributed by atoms with Crippen LogP contribution in [0.2, 0.25) is 0 Å². The summed E-state index contributed by atoms with van der Waals surface area (Å²) in [6.07, 6.45) is 1.57. The summed E-state index contributed by atoms with van der Waals surface area (Å²) in [5.74, 6) is 0.466. The number of rotatable bonds is 1. The van der Waals surface area contributed by atoms with Crippen molar-refractivity contribution in [1.29, 1.82) is 0 Å². The number of nitrogens with one attached hydrogen (secondary N) is 1. The number of carbonyl (C=O) groups is 1. The zero-order chi connectivity index (χ0) is 10.2. The van der Waals surface area contributed by atoms with Crippen LogP contribution in [-0.4, -0.2) is 11.6 Å². The normalized spacial score (nSPS) is 24.5. The molecule has 0 saturated heterocycles. The maximum Gasteiger partial charge on any atom is 0.258 e. The Balaban J connectivity index is 2.48. The summed E-state index contributed by atoms with van der Waals surface area (Å²) in [6, 6.07) is 7.14. The minimum absolute atomic E-state index is 0.130. The summed E-state index contributed by atoms with van der Waals surface area (Å²) >= 11 is 0. The van der Waals surface area contributed by atoms with E-state index in [1.54, 1.807) is 31.2 Å². The van der Waals surface area contributed by atoms with Gasteiger partial charge in [0.1, 0.15) is 5.75 Å². The van der Waals surface area contributed by atoms with E-state index in [-0.39, 0.29) is 5.91 Å². The van der Waals surface area contributed by atoms with Gasteiger partial charge in [-0.2, -0.15) is 0 Å². The minimum atomic E-state index is -0.800. The van der Waals surface area contributed by atoms with Crippen LogP contribution in [0, 0.1) is 0 Å². The lowest BCUT2D eigenvalue weighted by molar-refractivity contribution is 0.0578. The third-order valence-corrected chi connectivity index (χ3v) is 2.20. The topological polar surface area (TPSA) is 38.3 Å². The molecule has 1 aromatic rings. The molecule has 3 nitrogen and oxygen atoms in total. The Morgan fingerprint density at radius 3 is 2.93 bits per heavy atom. The highest BCUT2D eigenvalue weighted by molar-refractivity contribution is 5.98. The molecular weight excluding hydrogens is 178 g/mol. The number of benzene rings is 1. The quantitative estimate of drug-likeness (QED) is 0.683. The fourth-order valence-corrected chi connectivity index (χ4v) is 1.38. The first-order valence-corrected chi connectivity index (χ1v) is 4.39. The molecule has 1 aromatic carbocycles. The molecule has 1 atom stereocenters. The highest BCUT2D eigenvalue weighted by atomic mass is 16.5. The van der Waals surface area contributed by atoms with Crippen LogP contribution in [-0.2, 0) is 0 Å². The highest BCUT2D eigenvalue weighted by Gasteiger charge is 2.32. The zero-order valence-corrected chi connectivity index (χ0v) is 7.91. The van der Waals surface area contributed by atoms with E-state index in [1.165, 1.54) is 0 Å². The van der Waals surface area contributed by atoms with Gasteiger partial charge in [-0.3, -0.25) is 4.79 Å². The Hall–Kier alpha value is -1.77. The molecule has 3 heteroatoms. The van der Waals surface area contributed by atoms with Crippen LogP contribution < -0.4 is 10.1 Å². The van der Waals surface area contributed by atoms with E-state index >= 15 is 0 Å². The molecule has 0 radical (unpaired) electrons. The number of hydrogen-bond donors (Lipinski definition) is 1. The van der Waals surface area contributed by atoms with E-state index in [0.717, 1.165) is 0 Å². The second-order valence-electron chi connectivity index (χ2n) is 3.36. The van der Waals surface area contributed by atoms with Crippen LogP contribution >= 0.6 is 0 Å². The van der Waals surface area contributed by atoms with Gasteiger partial charge in [-0.1, -0.05) is 18.7 Å². The van der Waals surface area contributed by atoms with Gasteiger partial charge in [0.05, 0.1) is 5.56 Å². The SMILES string of the molecule is C=CC1(C)NC(=O)c2ccccc2O1. The van der Waals surface area contributed by atoms with Crippen LogP contribution in [0.4, 0.5) is 0 Å². The predicted octanol–water partition coefficient (Wildman–Crippen LogP) is 1.71. The van der Waals surface area contributed by atoms with E-state index < -0.39 is 5.72 Å². The van der Waals surface area contributed by atoms with Crippen molar-refractivity contribution in [2.75, 3.05) is 0 Å². The Kier molecular flexibility index (Phi) is 1.81. The number of hydrogen-bond acceptors (Lipinski definition) is 2. The van der Waals surface area contributed by atoms with Crippen molar-refractivity contribution >= 4 is 5.91 Å². The maximum absolute atomic E-state index is 11.6. The van der Waals surface area contributed by atoms with Crippen molar-refractivity contribution in [2.45, 2.75) is 12.6 Å². The molecule has 1 aliphatic rings. The van der Waals surface area contributed by atoms with E-state index in [1.807, 2.05) is 6.07 Å². The first kappa shape index (κ1) is 8.81. The van der Waals surface area contributed by atoms with Gasteiger partial charge in [-0.05, 0) is 25.1 Å². The third-order valence-electron chi connectivity index (χ3n) is 2.20. The molecule has 1 amide bonds. The van der Waals surface area contributed by atoms with Crippen LogP contribution in [0.25, 0.3) is 0 Å². The number of amides is 1. The summed E-state index contributed by atoms with van der Waals surface area (Å²) in [5.41, 5.74) is -0.238. The average molecular weight is 189 g/mol. The molecule has 1 N–H and O–H groups in total. The Morgan fingerprint density at radius 1 is 1.50 bits per heavy atom. The van der Waals surface area contributed by atoms with Crippen LogP contribution in [0.15, 0.2) is 36.9 Å². The molecule has 1 heterocycles. The summed E-state index contributed by atoms with van der Waals surface area (Å²) in [5, 5.41) is 2.72.